The first-order chi connectivity index (χ1) is 14.1. The minimum atomic E-state index is -1.13. The highest BCUT2D eigenvalue weighted by Crippen LogP contribution is 2.34. The normalized spacial score (nSPS) is 13.7. The Balaban J connectivity index is 2.11. The fourth-order valence-electron chi connectivity index (χ4n) is 2.76. The second-order valence-electron chi connectivity index (χ2n) is 8.40. The number of carbonyl (C=O) groups is 1. The van der Waals surface area contributed by atoms with Crippen LogP contribution >= 0.6 is 11.3 Å². The first-order valence-corrected chi connectivity index (χ1v) is 12.3. The molecule has 0 fully saturated rings. The average molecular weight is 451 g/mol. The number of unbranched alkanes of at least 4 members (excludes halogenated alkanes) is 1. The second-order valence-corrected chi connectivity index (χ2v) is 11.5. The van der Waals surface area contributed by atoms with Crippen LogP contribution in [0.4, 0.5) is 4.79 Å². The Hall–Kier alpha value is -1.54. The standard InChI is InChI=1S/C23H34N2O3S2/c1-7-8-15-28-22(26)25(6)16-18-11-9-10-12-19(18)21-14-13-20(29-21)17(2)24-30(27)23(3,4)5/h9-14,17,24H,7-8,15-16H2,1-6H3/t17-,30-/m1/s1. The van der Waals surface area contributed by atoms with Gasteiger partial charge in [0, 0.05) is 34.7 Å². The van der Waals surface area contributed by atoms with Crippen LogP contribution in [0.2, 0.25) is 0 Å². The van der Waals surface area contributed by atoms with Crippen molar-refractivity contribution < 1.29 is 14.1 Å². The number of hydrogen-bond acceptors (Lipinski definition) is 5. The molecule has 0 saturated heterocycles. The Morgan fingerprint density at radius 2 is 1.97 bits per heavy atom. The van der Waals surface area contributed by atoms with Crippen LogP contribution in [-0.2, 0) is 22.6 Å². The Bertz CT molecular complexity index is 817. The summed E-state index contributed by atoms with van der Waals surface area (Å²) in [5.74, 6) is 0. The first-order valence-electron chi connectivity index (χ1n) is 10.4. The molecule has 5 nitrogen and oxygen atoms in total. The molecule has 1 N–H and O–H groups in total. The third-order valence-corrected chi connectivity index (χ3v) is 7.60. The maximum atomic E-state index is 12.4. The van der Waals surface area contributed by atoms with E-state index in [9.17, 15) is 9.35 Å². The lowest BCUT2D eigenvalue weighted by atomic mass is 10.1. The van der Waals surface area contributed by atoms with Crippen LogP contribution in [0.15, 0.2) is 36.4 Å². The number of nitrogens with one attached hydrogen (secondary N) is 1. The van der Waals surface area contributed by atoms with Crippen molar-refractivity contribution in [3.63, 3.8) is 0 Å². The van der Waals surface area contributed by atoms with Gasteiger partial charge in [0.2, 0.25) is 0 Å². The van der Waals surface area contributed by atoms with Crippen molar-refractivity contribution in [1.82, 2.24) is 9.62 Å². The Morgan fingerprint density at radius 1 is 1.27 bits per heavy atom. The van der Waals surface area contributed by atoms with Crippen molar-refractivity contribution in [3.8, 4) is 10.4 Å². The molecule has 1 aromatic carbocycles. The molecule has 0 radical (unpaired) electrons. The van der Waals surface area contributed by atoms with Gasteiger partial charge < -0.3 is 14.2 Å². The summed E-state index contributed by atoms with van der Waals surface area (Å²) in [6.07, 6.45) is 1.57. The lowest BCUT2D eigenvalue weighted by molar-refractivity contribution is 0.108. The van der Waals surface area contributed by atoms with Crippen molar-refractivity contribution in [1.29, 1.82) is 0 Å². The topological polar surface area (TPSA) is 64.6 Å². The van der Waals surface area contributed by atoms with Crippen molar-refractivity contribution in [2.45, 2.75) is 64.8 Å². The zero-order chi connectivity index (χ0) is 22.3. The quantitative estimate of drug-likeness (QED) is 0.382. The summed E-state index contributed by atoms with van der Waals surface area (Å²) in [6, 6.07) is 12.3. The van der Waals surface area contributed by atoms with Gasteiger partial charge in [-0.3, -0.25) is 0 Å². The highest BCUT2D eigenvalue weighted by atomic mass is 32.2. The number of amides is 1. The van der Waals surface area contributed by atoms with Gasteiger partial charge in [0.25, 0.3) is 0 Å². The van der Waals surface area contributed by atoms with Crippen LogP contribution in [0.5, 0.6) is 0 Å². The van der Waals surface area contributed by atoms with Gasteiger partial charge in [0.05, 0.1) is 12.6 Å². The summed E-state index contributed by atoms with van der Waals surface area (Å²) in [6.45, 7) is 10.9. The fraction of sp³-hybridized carbons (Fsp3) is 0.522. The third kappa shape index (κ3) is 7.01. The largest absolute Gasteiger partial charge is 0.598 e. The molecule has 2 rings (SSSR count). The van der Waals surface area contributed by atoms with Gasteiger partial charge in [-0.05, 0) is 57.4 Å². The minimum absolute atomic E-state index is 0.00723. The molecule has 0 saturated carbocycles. The number of ether oxygens (including phenoxy) is 1. The summed E-state index contributed by atoms with van der Waals surface area (Å²) in [5, 5.41) is 0. The molecule has 0 aliphatic carbocycles. The number of thiophene rings is 1. The maximum absolute atomic E-state index is 12.4. The number of carbonyl (C=O) groups excluding carboxylic acids is 1. The highest BCUT2D eigenvalue weighted by molar-refractivity contribution is 7.90. The van der Waals surface area contributed by atoms with Gasteiger partial charge in [0.15, 0.2) is 0 Å². The maximum Gasteiger partial charge on any atom is 0.409 e. The van der Waals surface area contributed by atoms with Gasteiger partial charge in [0.1, 0.15) is 4.75 Å². The summed E-state index contributed by atoms with van der Waals surface area (Å²) in [4.78, 5) is 16.1. The third-order valence-electron chi connectivity index (χ3n) is 4.62. The fourth-order valence-corrected chi connectivity index (χ4v) is 4.71. The lowest BCUT2D eigenvalue weighted by Gasteiger charge is -2.26. The van der Waals surface area contributed by atoms with E-state index in [1.54, 1.807) is 23.3 Å². The predicted octanol–water partition coefficient (Wildman–Crippen LogP) is 5.90. The Kier molecular flexibility index (Phi) is 9.22. The first kappa shape index (κ1) is 24.7. The van der Waals surface area contributed by atoms with Gasteiger partial charge in [-0.2, -0.15) is 0 Å². The van der Waals surface area contributed by atoms with Crippen molar-refractivity contribution >= 4 is 28.8 Å². The smallest absolute Gasteiger partial charge is 0.409 e. The zero-order valence-corrected chi connectivity index (χ0v) is 20.5. The van der Waals surface area contributed by atoms with E-state index in [0.29, 0.717) is 13.2 Å². The Labute approximate surface area is 188 Å². The van der Waals surface area contributed by atoms with E-state index in [-0.39, 0.29) is 16.9 Å². The van der Waals surface area contributed by atoms with E-state index in [1.165, 1.54) is 0 Å². The van der Waals surface area contributed by atoms with Crippen LogP contribution in [0, 0.1) is 0 Å². The molecule has 1 heterocycles. The minimum Gasteiger partial charge on any atom is -0.598 e. The molecule has 7 heteroatoms. The summed E-state index contributed by atoms with van der Waals surface area (Å²) in [5.41, 5.74) is 2.17. The van der Waals surface area contributed by atoms with Crippen molar-refractivity contribution in [2.24, 2.45) is 0 Å². The number of hydrogen-bond donors (Lipinski definition) is 1. The van der Waals surface area contributed by atoms with Gasteiger partial charge in [-0.1, -0.05) is 37.6 Å². The molecule has 30 heavy (non-hydrogen) atoms. The molecule has 0 spiro atoms. The zero-order valence-electron chi connectivity index (χ0n) is 18.9. The van der Waals surface area contributed by atoms with E-state index in [2.05, 4.69) is 29.8 Å². The number of rotatable bonds is 9. The van der Waals surface area contributed by atoms with Crippen molar-refractivity contribution in [3.05, 3.63) is 46.8 Å². The van der Waals surface area contributed by atoms with Crippen LogP contribution in [0.25, 0.3) is 10.4 Å². The van der Waals surface area contributed by atoms with Crippen LogP contribution < -0.4 is 4.72 Å². The molecule has 1 aromatic heterocycles. The van der Waals surface area contributed by atoms with E-state index >= 15 is 0 Å². The molecule has 0 aliphatic rings. The van der Waals surface area contributed by atoms with Crippen LogP contribution in [0.3, 0.4) is 0 Å². The molecule has 2 aromatic rings. The van der Waals surface area contributed by atoms with Gasteiger partial charge >= 0.3 is 6.09 Å². The number of nitrogens with zero attached hydrogens (tertiary/aromatic N) is 1. The predicted molar refractivity (Wildman–Crippen MR) is 127 cm³/mol. The van der Waals surface area contributed by atoms with Gasteiger partial charge in [-0.15, -0.1) is 16.1 Å². The lowest BCUT2D eigenvalue weighted by Crippen LogP contribution is -2.40. The Morgan fingerprint density at radius 3 is 2.63 bits per heavy atom. The number of benzene rings is 1. The summed E-state index contributed by atoms with van der Waals surface area (Å²) >= 11 is 0.556. The molecule has 166 valence electrons. The highest BCUT2D eigenvalue weighted by Gasteiger charge is 2.28. The van der Waals surface area contributed by atoms with E-state index < -0.39 is 11.4 Å². The van der Waals surface area contributed by atoms with Crippen molar-refractivity contribution in [2.75, 3.05) is 13.7 Å². The average Bonchev–Trinajstić information content (AvgIpc) is 3.17. The molecule has 1 amide bonds. The van der Waals surface area contributed by atoms with E-state index in [4.69, 9.17) is 4.74 Å². The SMILES string of the molecule is CCCCOC(=O)N(C)Cc1ccccc1-c1ccc([C@@H](C)N[S@+]([O-])C(C)(C)C)s1. The summed E-state index contributed by atoms with van der Waals surface area (Å²) in [7, 11) is 1.76. The monoisotopic (exact) mass is 450 g/mol. The second kappa shape index (κ2) is 11.2. The van der Waals surface area contributed by atoms with E-state index in [0.717, 1.165) is 33.7 Å². The van der Waals surface area contributed by atoms with E-state index in [1.807, 2.05) is 45.9 Å². The molecular weight excluding hydrogens is 416 g/mol. The van der Waals surface area contributed by atoms with Gasteiger partial charge in [-0.25, -0.2) is 4.79 Å². The van der Waals surface area contributed by atoms with Crippen LogP contribution in [0.1, 0.15) is 63.9 Å². The molecule has 0 aliphatic heterocycles. The van der Waals surface area contributed by atoms with Crippen LogP contribution in [-0.4, -0.2) is 33.9 Å². The molecule has 2 atom stereocenters. The molecular formula is C23H34N2O3S2. The summed E-state index contributed by atoms with van der Waals surface area (Å²) < 4.78 is 20.6. The molecule has 0 bridgehead atoms. The molecule has 0 unspecified atom stereocenters.